The average Bonchev–Trinajstić information content (AvgIpc) is 2.74. The smallest absolute Gasteiger partial charge is 0.245 e. The minimum absolute atomic E-state index is 0.134. The van der Waals surface area contributed by atoms with Crippen LogP contribution in [0.4, 0.5) is 0 Å². The molecular weight excluding hydrogens is 240 g/mol. The topological polar surface area (TPSA) is 67.3 Å². The molecule has 1 aromatic rings. The molecule has 2 rings (SSSR count). The lowest BCUT2D eigenvalue weighted by Crippen LogP contribution is -2.46. The zero-order chi connectivity index (χ0) is 12.5. The Bertz CT molecular complexity index is 515. The van der Waals surface area contributed by atoms with E-state index in [4.69, 9.17) is 0 Å². The second-order valence-electron chi connectivity index (χ2n) is 4.34. The van der Waals surface area contributed by atoms with E-state index in [2.05, 4.69) is 4.98 Å². The number of aromatic nitrogens is 1. The van der Waals surface area contributed by atoms with Gasteiger partial charge in [0.25, 0.3) is 0 Å². The van der Waals surface area contributed by atoms with E-state index < -0.39 is 15.6 Å². The third-order valence-electron chi connectivity index (χ3n) is 3.09. The molecule has 0 aliphatic carbocycles. The highest BCUT2D eigenvalue weighted by Gasteiger charge is 2.44. The number of hydrogen-bond acceptors (Lipinski definition) is 4. The number of sulfonamides is 1. The van der Waals surface area contributed by atoms with Gasteiger partial charge in [0.05, 0.1) is 5.54 Å². The Balaban J connectivity index is 2.44. The molecule has 1 aliphatic rings. The molecule has 2 heterocycles. The standard InChI is InChI=1S/C11H14N2O3S/c1-11(9-14)5-3-7-13(11)17(15,16)10-4-2-6-12-8-10/h2,4,6,8-9H,3,5,7H2,1H3/t11-/m0/s1. The van der Waals surface area contributed by atoms with Crippen LogP contribution in [0.5, 0.6) is 0 Å². The maximum Gasteiger partial charge on any atom is 0.245 e. The van der Waals surface area contributed by atoms with Gasteiger partial charge in [0.1, 0.15) is 11.2 Å². The van der Waals surface area contributed by atoms with Crippen LogP contribution in [0.15, 0.2) is 29.4 Å². The van der Waals surface area contributed by atoms with Crippen molar-refractivity contribution in [2.75, 3.05) is 6.54 Å². The normalized spacial score (nSPS) is 25.9. The maximum atomic E-state index is 12.3. The molecule has 1 aromatic heterocycles. The largest absolute Gasteiger partial charge is 0.301 e. The van der Waals surface area contributed by atoms with Crippen molar-refractivity contribution in [1.29, 1.82) is 0 Å². The van der Waals surface area contributed by atoms with Crippen LogP contribution in [-0.4, -0.2) is 36.1 Å². The number of hydrogen-bond donors (Lipinski definition) is 0. The minimum Gasteiger partial charge on any atom is -0.301 e. The second-order valence-corrected chi connectivity index (χ2v) is 6.21. The highest BCUT2D eigenvalue weighted by Crippen LogP contribution is 2.32. The van der Waals surface area contributed by atoms with E-state index in [1.807, 2.05) is 0 Å². The van der Waals surface area contributed by atoms with Crippen LogP contribution in [0, 0.1) is 0 Å². The molecule has 92 valence electrons. The third-order valence-corrected chi connectivity index (χ3v) is 5.11. The fraction of sp³-hybridized carbons (Fsp3) is 0.455. The van der Waals surface area contributed by atoms with Crippen molar-refractivity contribution in [2.24, 2.45) is 0 Å². The molecule has 1 aliphatic heterocycles. The van der Waals surface area contributed by atoms with Crippen LogP contribution in [0.1, 0.15) is 19.8 Å². The number of aldehydes is 1. The van der Waals surface area contributed by atoms with E-state index in [9.17, 15) is 13.2 Å². The number of carbonyl (C=O) groups excluding carboxylic acids is 1. The maximum absolute atomic E-state index is 12.3. The lowest BCUT2D eigenvalue weighted by molar-refractivity contribution is -0.114. The van der Waals surface area contributed by atoms with Crippen molar-refractivity contribution in [2.45, 2.75) is 30.2 Å². The van der Waals surface area contributed by atoms with Crippen molar-refractivity contribution in [3.8, 4) is 0 Å². The summed E-state index contributed by atoms with van der Waals surface area (Å²) in [5.41, 5.74) is -0.922. The first-order chi connectivity index (χ1) is 8.00. The molecule has 0 aromatic carbocycles. The minimum atomic E-state index is -3.62. The van der Waals surface area contributed by atoms with Gasteiger partial charge in [-0.2, -0.15) is 4.31 Å². The molecule has 1 atom stereocenters. The van der Waals surface area contributed by atoms with E-state index in [1.54, 1.807) is 13.0 Å². The van der Waals surface area contributed by atoms with Crippen molar-refractivity contribution in [3.05, 3.63) is 24.5 Å². The molecule has 0 saturated carbocycles. The van der Waals surface area contributed by atoms with Crippen molar-refractivity contribution in [1.82, 2.24) is 9.29 Å². The summed E-state index contributed by atoms with van der Waals surface area (Å²) < 4.78 is 25.9. The molecule has 17 heavy (non-hydrogen) atoms. The number of rotatable bonds is 3. The van der Waals surface area contributed by atoms with Crippen molar-refractivity contribution >= 4 is 16.3 Å². The number of pyridine rings is 1. The summed E-state index contributed by atoms with van der Waals surface area (Å²) in [4.78, 5) is 15.0. The summed E-state index contributed by atoms with van der Waals surface area (Å²) in [6.45, 7) is 2.04. The van der Waals surface area contributed by atoms with Crippen LogP contribution < -0.4 is 0 Å². The molecule has 0 amide bonds. The Labute approximate surface area is 101 Å². The first-order valence-electron chi connectivity index (χ1n) is 5.40. The van der Waals surface area contributed by atoms with Gasteiger partial charge in [-0.05, 0) is 31.9 Å². The first kappa shape index (κ1) is 12.2. The fourth-order valence-corrected chi connectivity index (χ4v) is 3.85. The Hall–Kier alpha value is -1.27. The lowest BCUT2D eigenvalue weighted by atomic mass is 10.0. The first-order valence-corrected chi connectivity index (χ1v) is 6.84. The fourth-order valence-electron chi connectivity index (χ4n) is 2.10. The van der Waals surface area contributed by atoms with Gasteiger partial charge in [-0.1, -0.05) is 0 Å². The molecule has 5 nitrogen and oxygen atoms in total. The molecule has 1 saturated heterocycles. The van der Waals surface area contributed by atoms with Gasteiger partial charge in [0.15, 0.2) is 0 Å². The Morgan fingerprint density at radius 3 is 2.88 bits per heavy atom. The van der Waals surface area contributed by atoms with Crippen molar-refractivity contribution < 1.29 is 13.2 Å². The summed E-state index contributed by atoms with van der Waals surface area (Å²) >= 11 is 0. The van der Waals surface area contributed by atoms with Crippen molar-refractivity contribution in [3.63, 3.8) is 0 Å². The molecule has 0 unspecified atom stereocenters. The van der Waals surface area contributed by atoms with Gasteiger partial charge < -0.3 is 4.79 Å². The predicted molar refractivity (Wildman–Crippen MR) is 61.8 cm³/mol. The molecule has 6 heteroatoms. The highest BCUT2D eigenvalue weighted by molar-refractivity contribution is 7.89. The van der Waals surface area contributed by atoms with Crippen LogP contribution >= 0.6 is 0 Å². The van der Waals surface area contributed by atoms with E-state index in [-0.39, 0.29) is 4.90 Å². The zero-order valence-electron chi connectivity index (χ0n) is 9.54. The second kappa shape index (κ2) is 4.19. The summed E-state index contributed by atoms with van der Waals surface area (Å²) in [6, 6.07) is 3.06. The summed E-state index contributed by atoms with van der Waals surface area (Å²) in [5, 5.41) is 0. The van der Waals surface area contributed by atoms with Gasteiger partial charge in [-0.15, -0.1) is 0 Å². The van der Waals surface area contributed by atoms with E-state index >= 15 is 0 Å². The van der Waals surface area contributed by atoms with Gasteiger partial charge in [0, 0.05) is 18.9 Å². The quantitative estimate of drug-likeness (QED) is 0.749. The Kier molecular flexibility index (Phi) is 3.01. The van der Waals surface area contributed by atoms with Gasteiger partial charge in [0.2, 0.25) is 10.0 Å². The lowest BCUT2D eigenvalue weighted by Gasteiger charge is -2.28. The summed E-state index contributed by atoms with van der Waals surface area (Å²) in [7, 11) is -3.62. The Morgan fingerprint density at radius 2 is 2.29 bits per heavy atom. The molecule has 0 N–H and O–H groups in total. The van der Waals surface area contributed by atoms with Crippen LogP contribution in [0.25, 0.3) is 0 Å². The molecule has 0 spiro atoms. The number of carbonyl (C=O) groups is 1. The Morgan fingerprint density at radius 1 is 1.53 bits per heavy atom. The summed E-state index contributed by atoms with van der Waals surface area (Å²) in [5.74, 6) is 0. The zero-order valence-corrected chi connectivity index (χ0v) is 10.4. The third kappa shape index (κ3) is 1.98. The van der Waals surface area contributed by atoms with Gasteiger partial charge >= 0.3 is 0 Å². The van der Waals surface area contributed by atoms with E-state index in [0.29, 0.717) is 25.7 Å². The number of nitrogens with zero attached hydrogens (tertiary/aromatic N) is 2. The average molecular weight is 254 g/mol. The highest BCUT2D eigenvalue weighted by atomic mass is 32.2. The molecule has 0 bridgehead atoms. The molecular formula is C11H14N2O3S. The van der Waals surface area contributed by atoms with Crippen LogP contribution in [-0.2, 0) is 14.8 Å². The SMILES string of the molecule is C[C@@]1(C=O)CCCN1S(=O)(=O)c1cccnc1. The summed E-state index contributed by atoms with van der Waals surface area (Å²) in [6.07, 6.45) is 4.81. The van der Waals surface area contributed by atoms with Crippen LogP contribution in [0.3, 0.4) is 0 Å². The molecule has 0 radical (unpaired) electrons. The monoisotopic (exact) mass is 254 g/mol. The van der Waals surface area contributed by atoms with Crippen LogP contribution in [0.2, 0.25) is 0 Å². The van der Waals surface area contributed by atoms with Gasteiger partial charge in [-0.3, -0.25) is 4.98 Å². The van der Waals surface area contributed by atoms with Gasteiger partial charge in [-0.25, -0.2) is 8.42 Å². The molecule has 1 fully saturated rings. The predicted octanol–water partition coefficient (Wildman–Crippen LogP) is 0.824. The van der Waals surface area contributed by atoms with E-state index in [0.717, 1.165) is 0 Å². The van der Waals surface area contributed by atoms with E-state index in [1.165, 1.54) is 22.8 Å².